The fraction of sp³-hybridized carbons (Fsp3) is 0.650. The van der Waals surface area contributed by atoms with Crippen LogP contribution in [0.3, 0.4) is 0 Å². The van der Waals surface area contributed by atoms with Gasteiger partial charge < -0.3 is 25.0 Å². The van der Waals surface area contributed by atoms with Crippen molar-refractivity contribution in [2.24, 2.45) is 5.92 Å². The number of hydrogen-bond donors (Lipinski definition) is 3. The van der Waals surface area contributed by atoms with Crippen LogP contribution in [0.2, 0.25) is 0 Å². The molecule has 0 aliphatic carbocycles. The van der Waals surface area contributed by atoms with Crippen molar-refractivity contribution in [3.8, 4) is 5.75 Å². The number of benzene rings is 1. The van der Waals surface area contributed by atoms with Crippen molar-refractivity contribution in [3.63, 3.8) is 0 Å². The van der Waals surface area contributed by atoms with E-state index in [9.17, 15) is 15.0 Å². The largest absolute Gasteiger partial charge is 0.497 e. The number of methoxy groups -OCH3 is 1. The number of likely N-dealkylation sites (tertiary alicyclic amines) is 1. The monoisotopic (exact) mass is 378 g/mol. The molecule has 2 aliphatic rings. The summed E-state index contributed by atoms with van der Waals surface area (Å²) in [5.74, 6) is 1.18. The van der Waals surface area contributed by atoms with Crippen LogP contribution in [-0.4, -0.2) is 78.7 Å². The van der Waals surface area contributed by atoms with Crippen molar-refractivity contribution >= 4 is 5.91 Å². The number of carbonyl (C=O) groups excluding carboxylic acids is 1. The average molecular weight is 378 g/mol. The lowest BCUT2D eigenvalue weighted by atomic mass is 9.94. The number of aliphatic hydroxyl groups is 2. The van der Waals surface area contributed by atoms with Gasteiger partial charge in [0.2, 0.25) is 0 Å². The third kappa shape index (κ3) is 4.60. The number of nitrogens with one attached hydrogen (secondary N) is 1. The molecule has 7 heteroatoms. The molecule has 2 heterocycles. The summed E-state index contributed by atoms with van der Waals surface area (Å²) in [6, 6.07) is 6.68. The molecule has 0 radical (unpaired) electrons. The minimum absolute atomic E-state index is 0.200. The number of aliphatic hydroxyl groups excluding tert-OH is 2. The molecule has 1 aromatic carbocycles. The molecule has 1 aromatic rings. The van der Waals surface area contributed by atoms with Gasteiger partial charge in [-0.25, -0.2) is 0 Å². The summed E-state index contributed by atoms with van der Waals surface area (Å²) in [5, 5.41) is 23.0. The van der Waals surface area contributed by atoms with Crippen LogP contribution >= 0.6 is 0 Å². The lowest BCUT2D eigenvalue weighted by Crippen LogP contribution is -2.53. The van der Waals surface area contributed by atoms with Crippen molar-refractivity contribution in [2.75, 3.05) is 33.4 Å². The van der Waals surface area contributed by atoms with Gasteiger partial charge in [0, 0.05) is 12.1 Å². The Morgan fingerprint density at radius 3 is 2.52 bits per heavy atom. The summed E-state index contributed by atoms with van der Waals surface area (Å²) < 4.78 is 11.0. The summed E-state index contributed by atoms with van der Waals surface area (Å²) in [4.78, 5) is 14.7. The molecule has 0 aromatic heterocycles. The van der Waals surface area contributed by atoms with Gasteiger partial charge in [0.05, 0.1) is 25.9 Å². The lowest BCUT2D eigenvalue weighted by Gasteiger charge is -2.38. The second kappa shape index (κ2) is 9.01. The number of nitrogens with zero attached hydrogens (tertiary/aromatic N) is 1. The first kappa shape index (κ1) is 20.1. The molecule has 3 rings (SSSR count). The number of ether oxygens (including phenoxy) is 2. The first-order chi connectivity index (χ1) is 13.0. The molecule has 3 N–H and O–H groups in total. The van der Waals surface area contributed by atoms with E-state index in [0.29, 0.717) is 17.2 Å². The summed E-state index contributed by atoms with van der Waals surface area (Å²) in [5.41, 5.74) is 0.538. The molecular formula is C20H30N2O5. The second-order valence-corrected chi connectivity index (χ2v) is 7.53. The highest BCUT2D eigenvalue weighted by Gasteiger charge is 2.46. The Hall–Kier alpha value is -1.67. The van der Waals surface area contributed by atoms with E-state index in [2.05, 4.69) is 17.1 Å². The zero-order chi connectivity index (χ0) is 19.4. The van der Waals surface area contributed by atoms with E-state index < -0.39 is 12.2 Å². The third-order valence-electron chi connectivity index (χ3n) is 5.70. The highest BCUT2D eigenvalue weighted by atomic mass is 16.5. The Bertz CT molecular complexity index is 615. The Morgan fingerprint density at radius 1 is 1.26 bits per heavy atom. The van der Waals surface area contributed by atoms with Crippen molar-refractivity contribution in [1.29, 1.82) is 0 Å². The summed E-state index contributed by atoms with van der Waals surface area (Å²) in [6.07, 6.45) is 0.437. The predicted molar refractivity (Wildman–Crippen MR) is 101 cm³/mol. The molecular weight excluding hydrogens is 348 g/mol. The van der Waals surface area contributed by atoms with Gasteiger partial charge in [0.1, 0.15) is 18.0 Å². The normalized spacial score (nSPS) is 29.6. The van der Waals surface area contributed by atoms with Crippen molar-refractivity contribution in [2.45, 2.75) is 44.1 Å². The van der Waals surface area contributed by atoms with Crippen LogP contribution in [0.5, 0.6) is 5.75 Å². The molecule has 0 saturated carbocycles. The SMILES string of the molecule is COc1ccc(C(=O)NCC2OC(CO)C(O)C2N2CCC(C)CC2)cc1. The number of hydrogen-bond acceptors (Lipinski definition) is 6. The average Bonchev–Trinajstić information content (AvgIpc) is 3.02. The molecule has 2 fully saturated rings. The highest BCUT2D eigenvalue weighted by Crippen LogP contribution is 2.29. The van der Waals surface area contributed by atoms with Crippen LogP contribution in [0.4, 0.5) is 0 Å². The van der Waals surface area contributed by atoms with Crippen LogP contribution in [-0.2, 0) is 4.74 Å². The van der Waals surface area contributed by atoms with E-state index >= 15 is 0 Å². The van der Waals surface area contributed by atoms with Gasteiger partial charge >= 0.3 is 0 Å². The topological polar surface area (TPSA) is 91.3 Å². The van der Waals surface area contributed by atoms with Crippen molar-refractivity contribution in [3.05, 3.63) is 29.8 Å². The van der Waals surface area contributed by atoms with Crippen LogP contribution < -0.4 is 10.1 Å². The van der Waals surface area contributed by atoms with Gasteiger partial charge in [-0.05, 0) is 56.1 Å². The van der Waals surface area contributed by atoms with Gasteiger partial charge in [0.25, 0.3) is 5.91 Å². The Kier molecular flexibility index (Phi) is 6.70. The zero-order valence-corrected chi connectivity index (χ0v) is 16.0. The van der Waals surface area contributed by atoms with E-state index in [1.165, 1.54) is 0 Å². The second-order valence-electron chi connectivity index (χ2n) is 7.53. The molecule has 150 valence electrons. The summed E-state index contributed by atoms with van der Waals surface area (Å²) in [7, 11) is 1.58. The fourth-order valence-corrected chi connectivity index (χ4v) is 3.96. The molecule has 4 unspecified atom stereocenters. The zero-order valence-electron chi connectivity index (χ0n) is 16.0. The smallest absolute Gasteiger partial charge is 0.251 e. The minimum Gasteiger partial charge on any atom is -0.497 e. The first-order valence-electron chi connectivity index (χ1n) is 9.64. The van der Waals surface area contributed by atoms with Gasteiger partial charge in [-0.1, -0.05) is 6.92 Å². The molecule has 0 bridgehead atoms. The highest BCUT2D eigenvalue weighted by molar-refractivity contribution is 5.94. The summed E-state index contributed by atoms with van der Waals surface area (Å²) in [6.45, 7) is 4.09. The lowest BCUT2D eigenvalue weighted by molar-refractivity contribution is -0.0209. The predicted octanol–water partition coefficient (Wildman–Crippen LogP) is 0.646. The van der Waals surface area contributed by atoms with Crippen LogP contribution in [0.1, 0.15) is 30.1 Å². The molecule has 4 atom stereocenters. The molecule has 0 spiro atoms. The van der Waals surface area contributed by atoms with E-state index in [1.807, 2.05) is 0 Å². The van der Waals surface area contributed by atoms with Gasteiger partial charge in [-0.2, -0.15) is 0 Å². The molecule has 2 saturated heterocycles. The fourth-order valence-electron chi connectivity index (χ4n) is 3.96. The van der Waals surface area contributed by atoms with E-state index in [-0.39, 0.29) is 31.2 Å². The maximum absolute atomic E-state index is 12.4. The Balaban J connectivity index is 1.62. The van der Waals surface area contributed by atoms with Crippen molar-refractivity contribution in [1.82, 2.24) is 10.2 Å². The maximum atomic E-state index is 12.4. The molecule has 2 aliphatic heterocycles. The van der Waals surface area contributed by atoms with Gasteiger partial charge in [-0.3, -0.25) is 9.69 Å². The van der Waals surface area contributed by atoms with Crippen LogP contribution in [0.25, 0.3) is 0 Å². The number of amides is 1. The standard InChI is InChI=1S/C20H30N2O5/c1-13-7-9-22(10-8-13)18-16(27-17(12-23)19(18)24)11-21-20(25)14-3-5-15(26-2)6-4-14/h3-6,13,16-19,23-24H,7-12H2,1-2H3,(H,21,25). The van der Waals surface area contributed by atoms with E-state index in [4.69, 9.17) is 9.47 Å². The quantitative estimate of drug-likeness (QED) is 0.673. The van der Waals surface area contributed by atoms with Crippen LogP contribution in [0.15, 0.2) is 24.3 Å². The van der Waals surface area contributed by atoms with Gasteiger partial charge in [0.15, 0.2) is 0 Å². The minimum atomic E-state index is -0.758. The van der Waals surface area contributed by atoms with Crippen molar-refractivity contribution < 1.29 is 24.5 Å². The molecule has 1 amide bonds. The third-order valence-corrected chi connectivity index (χ3v) is 5.70. The molecule has 27 heavy (non-hydrogen) atoms. The maximum Gasteiger partial charge on any atom is 0.251 e. The van der Waals surface area contributed by atoms with E-state index in [0.717, 1.165) is 25.9 Å². The van der Waals surface area contributed by atoms with E-state index in [1.54, 1.807) is 31.4 Å². The first-order valence-corrected chi connectivity index (χ1v) is 9.64. The number of piperidine rings is 1. The van der Waals surface area contributed by atoms with Crippen LogP contribution in [0, 0.1) is 5.92 Å². The number of carbonyl (C=O) groups is 1. The van der Waals surface area contributed by atoms with Gasteiger partial charge in [-0.15, -0.1) is 0 Å². The summed E-state index contributed by atoms with van der Waals surface area (Å²) >= 11 is 0. The Morgan fingerprint density at radius 2 is 1.93 bits per heavy atom. The number of rotatable bonds is 6. The Labute approximate surface area is 160 Å². The molecule has 7 nitrogen and oxygen atoms in total.